The molecule has 1 aromatic rings. The molecule has 0 unspecified atom stereocenters. The third-order valence-electron chi connectivity index (χ3n) is 1.99. The van der Waals surface area contributed by atoms with Crippen LogP contribution in [0, 0.1) is 0 Å². The third-order valence-corrected chi connectivity index (χ3v) is 1.99. The summed E-state index contributed by atoms with van der Waals surface area (Å²) in [4.78, 5) is 9.93. The number of hydrogen-bond acceptors (Lipinski definition) is 5. The number of benzene rings is 1. The summed E-state index contributed by atoms with van der Waals surface area (Å²) in [6.07, 6.45) is 0.611. The summed E-state index contributed by atoms with van der Waals surface area (Å²) in [5.74, 6) is -1.24. The summed E-state index contributed by atoms with van der Waals surface area (Å²) in [6, 6.07) is 2.71. The van der Waals surface area contributed by atoms with Gasteiger partial charge < -0.3 is 26.0 Å². The van der Waals surface area contributed by atoms with E-state index in [-0.39, 0.29) is 11.5 Å². The van der Waals surface area contributed by atoms with Gasteiger partial charge in [0.05, 0.1) is 0 Å². The summed E-state index contributed by atoms with van der Waals surface area (Å²) in [5.41, 5.74) is 0.638. The van der Waals surface area contributed by atoms with Crippen molar-refractivity contribution in [3.05, 3.63) is 17.7 Å². The highest BCUT2D eigenvalue weighted by atomic mass is 16.3. The molecule has 1 amide bonds. The van der Waals surface area contributed by atoms with Crippen molar-refractivity contribution in [3.8, 4) is 17.2 Å². The molecular weight excluding hydrogens is 212 g/mol. The van der Waals surface area contributed by atoms with Crippen LogP contribution in [-0.2, 0) is 11.3 Å². The Hall–Kier alpha value is -1.95. The molecule has 0 fully saturated rings. The lowest BCUT2D eigenvalue weighted by molar-refractivity contribution is -0.109. The maximum absolute atomic E-state index is 9.93. The minimum atomic E-state index is -0.522. The van der Waals surface area contributed by atoms with E-state index >= 15 is 0 Å². The van der Waals surface area contributed by atoms with E-state index < -0.39 is 5.75 Å². The number of rotatable bonds is 6. The Morgan fingerprint density at radius 3 is 2.31 bits per heavy atom. The van der Waals surface area contributed by atoms with Crippen LogP contribution in [0.15, 0.2) is 12.1 Å². The van der Waals surface area contributed by atoms with Gasteiger partial charge in [0.25, 0.3) is 0 Å². The maximum atomic E-state index is 9.93. The van der Waals surface area contributed by atoms with Gasteiger partial charge in [-0.3, -0.25) is 4.79 Å². The maximum Gasteiger partial charge on any atom is 0.207 e. The van der Waals surface area contributed by atoms with Crippen LogP contribution in [0.5, 0.6) is 17.2 Å². The van der Waals surface area contributed by atoms with Gasteiger partial charge in [0, 0.05) is 19.6 Å². The number of aromatic hydroxyl groups is 3. The van der Waals surface area contributed by atoms with Crippen LogP contribution in [0.4, 0.5) is 0 Å². The Morgan fingerprint density at radius 2 is 1.75 bits per heavy atom. The summed E-state index contributed by atoms with van der Waals surface area (Å²) in [5, 5.41) is 33.0. The molecule has 0 aliphatic rings. The number of amides is 1. The second-order valence-electron chi connectivity index (χ2n) is 3.23. The summed E-state index contributed by atoms with van der Waals surface area (Å²) in [7, 11) is 0. The third kappa shape index (κ3) is 3.32. The highest BCUT2D eigenvalue weighted by Gasteiger charge is 2.07. The lowest BCUT2D eigenvalue weighted by atomic mass is 10.2. The van der Waals surface area contributed by atoms with Crippen molar-refractivity contribution < 1.29 is 20.1 Å². The van der Waals surface area contributed by atoms with E-state index in [1.165, 1.54) is 12.1 Å². The van der Waals surface area contributed by atoms with Crippen molar-refractivity contribution >= 4 is 6.41 Å². The van der Waals surface area contributed by atoms with Gasteiger partial charge >= 0.3 is 0 Å². The smallest absolute Gasteiger partial charge is 0.207 e. The van der Waals surface area contributed by atoms with Crippen LogP contribution in [-0.4, -0.2) is 34.8 Å². The summed E-state index contributed by atoms with van der Waals surface area (Å²) < 4.78 is 0. The number of nitrogens with one attached hydrogen (secondary N) is 2. The van der Waals surface area contributed by atoms with Gasteiger partial charge in [-0.15, -0.1) is 0 Å². The van der Waals surface area contributed by atoms with Crippen LogP contribution in [0.1, 0.15) is 5.56 Å². The fourth-order valence-corrected chi connectivity index (χ4v) is 1.22. The highest BCUT2D eigenvalue weighted by molar-refractivity contribution is 5.51. The zero-order chi connectivity index (χ0) is 12.0. The van der Waals surface area contributed by atoms with Crippen molar-refractivity contribution in [3.63, 3.8) is 0 Å². The molecule has 0 aliphatic carbocycles. The summed E-state index contributed by atoms with van der Waals surface area (Å²) >= 11 is 0. The van der Waals surface area contributed by atoms with Crippen molar-refractivity contribution in [1.82, 2.24) is 10.6 Å². The second-order valence-corrected chi connectivity index (χ2v) is 3.23. The molecule has 0 saturated carbocycles. The SMILES string of the molecule is O=CNCCNCc1cc(O)c(O)c(O)c1. The fourth-order valence-electron chi connectivity index (χ4n) is 1.22. The standard InChI is InChI=1S/C10H14N2O4/c13-6-12-2-1-11-5-7-3-8(14)10(16)9(15)4-7/h3-4,6,11,14-16H,1-2,5H2,(H,12,13). The normalized spacial score (nSPS) is 10.0. The van der Waals surface area contributed by atoms with Crippen molar-refractivity contribution in [1.29, 1.82) is 0 Å². The molecule has 0 aliphatic heterocycles. The van der Waals surface area contributed by atoms with E-state index in [9.17, 15) is 15.0 Å². The second kappa shape index (κ2) is 5.82. The number of carbonyl (C=O) groups excluding carboxylic acids is 1. The first-order valence-corrected chi connectivity index (χ1v) is 4.76. The average molecular weight is 226 g/mol. The molecule has 0 radical (unpaired) electrons. The molecule has 16 heavy (non-hydrogen) atoms. The molecule has 0 saturated heterocycles. The molecular formula is C10H14N2O4. The number of carbonyl (C=O) groups is 1. The zero-order valence-corrected chi connectivity index (χ0v) is 8.60. The van der Waals surface area contributed by atoms with Gasteiger partial charge in [0.15, 0.2) is 17.2 Å². The average Bonchev–Trinajstić information content (AvgIpc) is 2.25. The Kier molecular flexibility index (Phi) is 4.41. The van der Waals surface area contributed by atoms with E-state index in [1.807, 2.05) is 0 Å². The van der Waals surface area contributed by atoms with E-state index in [1.54, 1.807) is 0 Å². The van der Waals surface area contributed by atoms with Gasteiger partial charge in [0.1, 0.15) is 0 Å². The van der Waals surface area contributed by atoms with E-state index in [0.29, 0.717) is 31.6 Å². The lowest BCUT2D eigenvalue weighted by Gasteiger charge is -2.07. The first kappa shape index (κ1) is 12.1. The molecule has 6 heteroatoms. The van der Waals surface area contributed by atoms with E-state index in [4.69, 9.17) is 5.11 Å². The Morgan fingerprint density at radius 1 is 1.12 bits per heavy atom. The Bertz CT molecular complexity index is 345. The zero-order valence-electron chi connectivity index (χ0n) is 8.60. The first-order valence-electron chi connectivity index (χ1n) is 4.76. The van der Waals surface area contributed by atoms with Gasteiger partial charge in [-0.05, 0) is 17.7 Å². The molecule has 0 heterocycles. The van der Waals surface area contributed by atoms with Gasteiger partial charge in [-0.25, -0.2) is 0 Å². The van der Waals surface area contributed by atoms with Crippen LogP contribution in [0.2, 0.25) is 0 Å². The number of phenolic OH excluding ortho intramolecular Hbond substituents is 3. The minimum absolute atomic E-state index is 0.359. The largest absolute Gasteiger partial charge is 0.504 e. The predicted octanol–water partition coefficient (Wildman–Crippen LogP) is -0.361. The summed E-state index contributed by atoms with van der Waals surface area (Å²) in [6.45, 7) is 1.49. The monoisotopic (exact) mass is 226 g/mol. The van der Waals surface area contributed by atoms with E-state index in [2.05, 4.69) is 10.6 Å². The molecule has 0 spiro atoms. The predicted molar refractivity (Wildman–Crippen MR) is 57.2 cm³/mol. The van der Waals surface area contributed by atoms with Gasteiger partial charge in [-0.1, -0.05) is 0 Å². The molecule has 1 aromatic carbocycles. The highest BCUT2D eigenvalue weighted by Crippen LogP contribution is 2.35. The molecule has 88 valence electrons. The fraction of sp³-hybridized carbons (Fsp3) is 0.300. The topological polar surface area (TPSA) is 102 Å². The molecule has 6 nitrogen and oxygen atoms in total. The molecule has 5 N–H and O–H groups in total. The first-order chi connectivity index (χ1) is 7.65. The number of hydrogen-bond donors (Lipinski definition) is 5. The van der Waals surface area contributed by atoms with Crippen LogP contribution in [0.3, 0.4) is 0 Å². The Labute approximate surface area is 92.5 Å². The molecule has 0 bridgehead atoms. The van der Waals surface area contributed by atoms with Crippen LogP contribution in [0.25, 0.3) is 0 Å². The van der Waals surface area contributed by atoms with Gasteiger partial charge in [-0.2, -0.15) is 0 Å². The van der Waals surface area contributed by atoms with Crippen molar-refractivity contribution in [2.45, 2.75) is 6.54 Å². The quantitative estimate of drug-likeness (QED) is 0.259. The van der Waals surface area contributed by atoms with Crippen molar-refractivity contribution in [2.75, 3.05) is 13.1 Å². The Balaban J connectivity index is 2.45. The van der Waals surface area contributed by atoms with Crippen LogP contribution < -0.4 is 10.6 Å². The number of phenols is 3. The van der Waals surface area contributed by atoms with E-state index in [0.717, 1.165) is 0 Å². The minimum Gasteiger partial charge on any atom is -0.504 e. The molecule has 1 rings (SSSR count). The molecule has 0 aromatic heterocycles. The van der Waals surface area contributed by atoms with Gasteiger partial charge in [0.2, 0.25) is 6.41 Å². The lowest BCUT2D eigenvalue weighted by Crippen LogP contribution is -2.25. The molecule has 0 atom stereocenters. The van der Waals surface area contributed by atoms with Crippen molar-refractivity contribution in [2.24, 2.45) is 0 Å². The van der Waals surface area contributed by atoms with Crippen LogP contribution >= 0.6 is 0 Å².